The van der Waals surface area contributed by atoms with E-state index in [1.165, 1.54) is 10.6 Å². The number of thiophene rings is 1. The van der Waals surface area contributed by atoms with Gasteiger partial charge in [0, 0.05) is 29.5 Å². The van der Waals surface area contributed by atoms with Crippen LogP contribution in [0.2, 0.25) is 4.34 Å². The van der Waals surface area contributed by atoms with E-state index in [0.29, 0.717) is 0 Å². The average Bonchev–Trinajstić information content (AvgIpc) is 2.99. The van der Waals surface area contributed by atoms with Crippen LogP contribution in [0.15, 0.2) is 23.7 Å². The largest absolute Gasteiger partial charge is 0.306 e. The number of rotatable bonds is 4. The van der Waals surface area contributed by atoms with Crippen molar-refractivity contribution < 1.29 is 0 Å². The van der Waals surface area contributed by atoms with Crippen LogP contribution < -0.4 is 5.32 Å². The lowest BCUT2D eigenvalue weighted by Crippen LogP contribution is -2.13. The van der Waals surface area contributed by atoms with Gasteiger partial charge >= 0.3 is 0 Å². The number of aromatic nitrogens is 2. The number of halogens is 1. The highest BCUT2D eigenvalue weighted by Gasteiger charge is 2.08. The molecule has 94 valence electrons. The SMILES string of the molecule is Cc1nc2sccn2c1CNCc1ccc(Cl)s1. The molecule has 3 nitrogen and oxygen atoms in total. The summed E-state index contributed by atoms with van der Waals surface area (Å²) >= 11 is 9.19. The van der Waals surface area contributed by atoms with Crippen molar-refractivity contribution >= 4 is 39.2 Å². The van der Waals surface area contributed by atoms with Gasteiger partial charge in [0.05, 0.1) is 15.7 Å². The summed E-state index contributed by atoms with van der Waals surface area (Å²) in [6.07, 6.45) is 2.07. The molecular weight excluding hydrogens is 286 g/mol. The van der Waals surface area contributed by atoms with Gasteiger partial charge in [0.25, 0.3) is 0 Å². The van der Waals surface area contributed by atoms with E-state index in [9.17, 15) is 0 Å². The molecule has 3 heterocycles. The number of nitrogens with one attached hydrogen (secondary N) is 1. The Kier molecular flexibility index (Phi) is 3.39. The Balaban J connectivity index is 1.69. The highest BCUT2D eigenvalue weighted by atomic mass is 35.5. The lowest BCUT2D eigenvalue weighted by atomic mass is 10.3. The van der Waals surface area contributed by atoms with Crippen molar-refractivity contribution in [1.29, 1.82) is 0 Å². The van der Waals surface area contributed by atoms with Crippen molar-refractivity contribution in [2.45, 2.75) is 20.0 Å². The van der Waals surface area contributed by atoms with Gasteiger partial charge in [-0.1, -0.05) is 11.6 Å². The zero-order valence-electron chi connectivity index (χ0n) is 9.81. The number of thiazole rings is 1. The summed E-state index contributed by atoms with van der Waals surface area (Å²) in [5, 5.41) is 5.50. The average molecular weight is 298 g/mol. The van der Waals surface area contributed by atoms with Crippen molar-refractivity contribution in [3.05, 3.63) is 44.3 Å². The second-order valence-electron chi connectivity index (χ2n) is 4.01. The fourth-order valence-corrected chi connectivity index (χ4v) is 3.74. The third kappa shape index (κ3) is 2.31. The van der Waals surface area contributed by atoms with Gasteiger partial charge in [-0.3, -0.25) is 4.40 Å². The molecule has 3 rings (SSSR count). The van der Waals surface area contributed by atoms with E-state index >= 15 is 0 Å². The van der Waals surface area contributed by atoms with Gasteiger partial charge in [-0.25, -0.2) is 4.98 Å². The van der Waals surface area contributed by atoms with Gasteiger partial charge in [0.2, 0.25) is 0 Å². The van der Waals surface area contributed by atoms with Crippen LogP contribution in [0.5, 0.6) is 0 Å². The molecule has 0 radical (unpaired) electrons. The molecule has 0 aliphatic rings. The molecular formula is C12H12ClN3S2. The number of hydrogen-bond acceptors (Lipinski definition) is 4. The first-order valence-corrected chi connectivity index (χ1v) is 7.67. The number of nitrogens with zero attached hydrogens (tertiary/aromatic N) is 2. The van der Waals surface area contributed by atoms with E-state index in [0.717, 1.165) is 28.1 Å². The van der Waals surface area contributed by atoms with Crippen molar-refractivity contribution in [2.75, 3.05) is 0 Å². The standard InChI is InChI=1S/C12H12ClN3S2/c1-8-10(16-4-5-17-12(16)15-8)7-14-6-9-2-3-11(13)18-9/h2-5,14H,6-7H2,1H3. The topological polar surface area (TPSA) is 29.3 Å². The van der Waals surface area contributed by atoms with E-state index in [4.69, 9.17) is 11.6 Å². The predicted octanol–water partition coefficient (Wildman–Crippen LogP) is 3.71. The van der Waals surface area contributed by atoms with Gasteiger partial charge in [0.1, 0.15) is 0 Å². The third-order valence-corrected chi connectivity index (χ3v) is 4.77. The first-order valence-electron chi connectivity index (χ1n) is 5.60. The molecule has 18 heavy (non-hydrogen) atoms. The minimum atomic E-state index is 0.819. The molecule has 0 fully saturated rings. The summed E-state index contributed by atoms with van der Waals surface area (Å²) in [6.45, 7) is 3.71. The van der Waals surface area contributed by atoms with Gasteiger partial charge in [0.15, 0.2) is 4.96 Å². The summed E-state index contributed by atoms with van der Waals surface area (Å²) in [5.41, 5.74) is 2.33. The monoisotopic (exact) mass is 297 g/mol. The summed E-state index contributed by atoms with van der Waals surface area (Å²) in [4.78, 5) is 6.84. The van der Waals surface area contributed by atoms with Crippen LogP contribution in [0.1, 0.15) is 16.3 Å². The van der Waals surface area contributed by atoms with Crippen LogP contribution in [0.25, 0.3) is 4.96 Å². The van der Waals surface area contributed by atoms with E-state index < -0.39 is 0 Å². The maximum atomic E-state index is 5.91. The maximum Gasteiger partial charge on any atom is 0.194 e. The molecule has 6 heteroatoms. The smallest absolute Gasteiger partial charge is 0.194 e. The highest BCUT2D eigenvalue weighted by Crippen LogP contribution is 2.21. The summed E-state index contributed by atoms with van der Waals surface area (Å²) in [7, 11) is 0. The Bertz CT molecular complexity index is 668. The molecule has 0 aliphatic carbocycles. The summed E-state index contributed by atoms with van der Waals surface area (Å²) < 4.78 is 2.99. The van der Waals surface area contributed by atoms with Crippen LogP contribution in [0.3, 0.4) is 0 Å². The van der Waals surface area contributed by atoms with Crippen LogP contribution in [0, 0.1) is 6.92 Å². The fraction of sp³-hybridized carbons (Fsp3) is 0.250. The highest BCUT2D eigenvalue weighted by molar-refractivity contribution is 7.16. The maximum absolute atomic E-state index is 5.91. The van der Waals surface area contributed by atoms with Crippen LogP contribution in [0.4, 0.5) is 0 Å². The second kappa shape index (κ2) is 5.01. The predicted molar refractivity (Wildman–Crippen MR) is 77.7 cm³/mol. The van der Waals surface area contributed by atoms with Crippen molar-refractivity contribution in [3.63, 3.8) is 0 Å². The lowest BCUT2D eigenvalue weighted by molar-refractivity contribution is 0.679. The van der Waals surface area contributed by atoms with Gasteiger partial charge in [-0.2, -0.15) is 0 Å². The molecule has 0 amide bonds. The molecule has 0 aromatic carbocycles. The molecule has 0 saturated carbocycles. The van der Waals surface area contributed by atoms with Gasteiger partial charge in [-0.05, 0) is 19.1 Å². The number of imidazole rings is 1. The van der Waals surface area contributed by atoms with Crippen LogP contribution in [-0.2, 0) is 13.1 Å². The van der Waals surface area contributed by atoms with Crippen molar-refractivity contribution in [3.8, 4) is 0 Å². The molecule has 0 atom stereocenters. The fourth-order valence-electron chi connectivity index (χ4n) is 1.90. The van der Waals surface area contributed by atoms with E-state index in [1.54, 1.807) is 22.7 Å². The van der Waals surface area contributed by atoms with Crippen LogP contribution in [-0.4, -0.2) is 9.38 Å². The quantitative estimate of drug-likeness (QED) is 0.795. The Morgan fingerprint density at radius 1 is 1.39 bits per heavy atom. The zero-order chi connectivity index (χ0) is 12.5. The van der Waals surface area contributed by atoms with E-state index in [-0.39, 0.29) is 0 Å². The normalized spacial score (nSPS) is 11.4. The molecule has 1 N–H and O–H groups in total. The number of hydrogen-bond donors (Lipinski definition) is 1. The first kappa shape index (κ1) is 12.2. The molecule has 3 aromatic rings. The second-order valence-corrected chi connectivity index (χ2v) is 6.68. The van der Waals surface area contributed by atoms with E-state index in [2.05, 4.69) is 39.3 Å². The Hall–Kier alpha value is -0.880. The Morgan fingerprint density at radius 2 is 2.28 bits per heavy atom. The molecule has 0 aliphatic heterocycles. The minimum absolute atomic E-state index is 0.819. The summed E-state index contributed by atoms with van der Waals surface area (Å²) in [6, 6.07) is 3.99. The molecule has 0 unspecified atom stereocenters. The number of fused-ring (bicyclic) bond motifs is 1. The zero-order valence-corrected chi connectivity index (χ0v) is 12.2. The minimum Gasteiger partial charge on any atom is -0.306 e. The lowest BCUT2D eigenvalue weighted by Gasteiger charge is -2.03. The van der Waals surface area contributed by atoms with Gasteiger partial charge < -0.3 is 5.32 Å². The van der Waals surface area contributed by atoms with Crippen molar-refractivity contribution in [2.24, 2.45) is 0 Å². The Labute approximate surface area is 118 Å². The summed E-state index contributed by atoms with van der Waals surface area (Å²) in [5.74, 6) is 0. The third-order valence-electron chi connectivity index (χ3n) is 2.78. The Morgan fingerprint density at radius 3 is 3.06 bits per heavy atom. The molecule has 0 spiro atoms. The molecule has 0 saturated heterocycles. The number of aryl methyl sites for hydroxylation is 1. The van der Waals surface area contributed by atoms with Crippen molar-refractivity contribution in [1.82, 2.24) is 14.7 Å². The first-order chi connectivity index (χ1) is 8.74. The molecule has 0 bridgehead atoms. The molecule has 3 aromatic heterocycles. The van der Waals surface area contributed by atoms with Crippen LogP contribution >= 0.6 is 34.3 Å². The van der Waals surface area contributed by atoms with E-state index in [1.807, 2.05) is 6.07 Å². The van der Waals surface area contributed by atoms with Gasteiger partial charge in [-0.15, -0.1) is 22.7 Å².